The lowest BCUT2D eigenvalue weighted by molar-refractivity contribution is -0.118. The van der Waals surface area contributed by atoms with Crippen LogP contribution in [0.2, 0.25) is 0 Å². The standard InChI is InChI=1S/C17H26ClN3O7/c18-4-1-6-27-7-5-20-16(25)11(2-3-14(19)24)9-21(17(20)26)15-8-12(23)13(10-22)28-15/h9,12-13,15,22-23H,1-8,10H2,(H2,19,24)/t12-,13+,15+/m0/s1. The third kappa shape index (κ3) is 5.65. The smallest absolute Gasteiger partial charge is 0.333 e. The highest BCUT2D eigenvalue weighted by Crippen LogP contribution is 2.27. The predicted octanol–water partition coefficient (Wildman–Crippen LogP) is -1.29. The van der Waals surface area contributed by atoms with Gasteiger partial charge in [-0.15, -0.1) is 11.6 Å². The van der Waals surface area contributed by atoms with Gasteiger partial charge in [0, 0.05) is 37.1 Å². The fourth-order valence-corrected chi connectivity index (χ4v) is 3.08. The minimum atomic E-state index is -0.935. The van der Waals surface area contributed by atoms with E-state index >= 15 is 0 Å². The number of aromatic nitrogens is 2. The molecule has 1 amide bonds. The van der Waals surface area contributed by atoms with Crippen LogP contribution in [0.5, 0.6) is 0 Å². The van der Waals surface area contributed by atoms with E-state index in [4.69, 9.17) is 26.8 Å². The van der Waals surface area contributed by atoms with E-state index in [1.165, 1.54) is 10.8 Å². The Labute approximate surface area is 166 Å². The van der Waals surface area contributed by atoms with Crippen LogP contribution >= 0.6 is 11.6 Å². The Morgan fingerprint density at radius 2 is 2.14 bits per heavy atom. The van der Waals surface area contributed by atoms with Crippen LogP contribution in [0.15, 0.2) is 15.8 Å². The number of ether oxygens (including phenoxy) is 2. The van der Waals surface area contributed by atoms with E-state index in [1.54, 1.807) is 0 Å². The van der Waals surface area contributed by atoms with Crippen molar-refractivity contribution in [2.45, 2.75) is 50.7 Å². The summed E-state index contributed by atoms with van der Waals surface area (Å²) in [5.74, 6) is -0.121. The second-order valence-corrected chi connectivity index (χ2v) is 6.91. The molecule has 1 fully saturated rings. The number of amides is 1. The quantitative estimate of drug-likeness (QED) is 0.299. The molecule has 0 aliphatic carbocycles. The van der Waals surface area contributed by atoms with Crippen molar-refractivity contribution in [2.75, 3.05) is 25.7 Å². The van der Waals surface area contributed by atoms with Crippen LogP contribution in [0.3, 0.4) is 0 Å². The zero-order valence-corrected chi connectivity index (χ0v) is 16.2. The zero-order valence-electron chi connectivity index (χ0n) is 15.5. The number of nitrogens with two attached hydrogens (primary N) is 1. The van der Waals surface area contributed by atoms with E-state index in [1.807, 2.05) is 0 Å². The van der Waals surface area contributed by atoms with Crippen LogP contribution in [0.25, 0.3) is 0 Å². The van der Waals surface area contributed by atoms with E-state index in [2.05, 4.69) is 0 Å². The predicted molar refractivity (Wildman–Crippen MR) is 100 cm³/mol. The maximum absolute atomic E-state index is 12.8. The van der Waals surface area contributed by atoms with Gasteiger partial charge in [0.2, 0.25) is 5.91 Å². The van der Waals surface area contributed by atoms with Crippen molar-refractivity contribution >= 4 is 17.5 Å². The van der Waals surface area contributed by atoms with Crippen molar-refractivity contribution in [1.29, 1.82) is 0 Å². The van der Waals surface area contributed by atoms with Crippen molar-refractivity contribution in [2.24, 2.45) is 5.73 Å². The van der Waals surface area contributed by atoms with Gasteiger partial charge in [0.25, 0.3) is 5.56 Å². The Hall–Kier alpha value is -1.72. The molecule has 0 unspecified atom stereocenters. The molecule has 10 nitrogen and oxygen atoms in total. The van der Waals surface area contributed by atoms with Gasteiger partial charge in [0.05, 0.1) is 25.9 Å². The number of carbonyl (C=O) groups excluding carboxylic acids is 1. The molecule has 0 saturated carbocycles. The number of rotatable bonds is 11. The highest BCUT2D eigenvalue weighted by atomic mass is 35.5. The van der Waals surface area contributed by atoms with Gasteiger partial charge in [-0.1, -0.05) is 0 Å². The monoisotopic (exact) mass is 419 g/mol. The highest BCUT2D eigenvalue weighted by Gasteiger charge is 2.35. The first-order valence-corrected chi connectivity index (χ1v) is 9.63. The van der Waals surface area contributed by atoms with E-state index in [-0.39, 0.29) is 38.0 Å². The number of aliphatic hydroxyl groups excluding tert-OH is 2. The molecule has 2 heterocycles. The number of hydrogen-bond donors (Lipinski definition) is 3. The van der Waals surface area contributed by atoms with Gasteiger partial charge >= 0.3 is 5.69 Å². The van der Waals surface area contributed by atoms with Crippen LogP contribution in [-0.4, -0.2) is 63.2 Å². The Kier molecular flexibility index (Phi) is 8.64. The Bertz CT molecular complexity index is 779. The molecule has 1 aliphatic heterocycles. The third-order valence-electron chi connectivity index (χ3n) is 4.48. The molecule has 1 aromatic rings. The summed E-state index contributed by atoms with van der Waals surface area (Å²) in [6.07, 6.45) is -0.500. The van der Waals surface area contributed by atoms with E-state index in [0.717, 1.165) is 4.57 Å². The van der Waals surface area contributed by atoms with Crippen molar-refractivity contribution in [3.05, 3.63) is 32.6 Å². The number of primary amides is 1. The SMILES string of the molecule is NC(=O)CCc1cn([C@H]2C[C@H](O)[C@@H](CO)O2)c(=O)n(CCOCCCCl)c1=O. The summed E-state index contributed by atoms with van der Waals surface area (Å²) in [4.78, 5) is 36.6. The molecular weight excluding hydrogens is 394 g/mol. The van der Waals surface area contributed by atoms with E-state index in [9.17, 15) is 24.6 Å². The minimum Gasteiger partial charge on any atom is -0.394 e. The molecule has 28 heavy (non-hydrogen) atoms. The van der Waals surface area contributed by atoms with Gasteiger partial charge in [0.15, 0.2) is 0 Å². The normalized spacial score (nSPS) is 21.9. The van der Waals surface area contributed by atoms with Gasteiger partial charge < -0.3 is 25.4 Å². The lowest BCUT2D eigenvalue weighted by atomic mass is 10.1. The fourth-order valence-electron chi connectivity index (χ4n) is 2.98. The number of halogens is 1. The molecule has 158 valence electrons. The second kappa shape index (κ2) is 10.7. The van der Waals surface area contributed by atoms with Gasteiger partial charge in [-0.2, -0.15) is 0 Å². The lowest BCUT2D eigenvalue weighted by Gasteiger charge is -2.18. The minimum absolute atomic E-state index is 0.0169. The van der Waals surface area contributed by atoms with Crippen LogP contribution in [0.4, 0.5) is 0 Å². The first-order valence-electron chi connectivity index (χ1n) is 9.10. The summed E-state index contributed by atoms with van der Waals surface area (Å²) in [6, 6.07) is 0. The Morgan fingerprint density at radius 3 is 2.75 bits per heavy atom. The number of alkyl halides is 1. The lowest BCUT2D eigenvalue weighted by Crippen LogP contribution is -2.43. The summed E-state index contributed by atoms with van der Waals surface area (Å²) in [5.41, 5.74) is 4.25. The van der Waals surface area contributed by atoms with Crippen molar-refractivity contribution < 1.29 is 24.5 Å². The average Bonchev–Trinajstić information content (AvgIpc) is 3.03. The van der Waals surface area contributed by atoms with Crippen LogP contribution in [0, 0.1) is 0 Å². The van der Waals surface area contributed by atoms with Crippen LogP contribution < -0.4 is 17.0 Å². The molecule has 0 bridgehead atoms. The number of aryl methyl sites for hydroxylation is 1. The highest BCUT2D eigenvalue weighted by molar-refractivity contribution is 6.17. The molecular formula is C17H26ClN3O7. The number of hydrogen-bond acceptors (Lipinski definition) is 7. The summed E-state index contributed by atoms with van der Waals surface area (Å²) >= 11 is 5.58. The maximum Gasteiger partial charge on any atom is 0.333 e. The third-order valence-corrected chi connectivity index (χ3v) is 4.75. The molecule has 0 radical (unpaired) electrons. The van der Waals surface area contributed by atoms with E-state index in [0.29, 0.717) is 18.9 Å². The number of carbonyl (C=O) groups is 1. The molecule has 3 atom stereocenters. The molecule has 0 aromatic carbocycles. The topological polar surface area (TPSA) is 146 Å². The Balaban J connectivity index is 2.31. The average molecular weight is 420 g/mol. The summed E-state index contributed by atoms with van der Waals surface area (Å²) in [5, 5.41) is 19.2. The van der Waals surface area contributed by atoms with Crippen LogP contribution in [0.1, 0.15) is 31.1 Å². The van der Waals surface area contributed by atoms with Gasteiger partial charge in [-0.3, -0.25) is 18.7 Å². The van der Waals surface area contributed by atoms with Crippen LogP contribution in [-0.2, 0) is 27.2 Å². The largest absolute Gasteiger partial charge is 0.394 e. The van der Waals surface area contributed by atoms with E-state index < -0.39 is 42.2 Å². The van der Waals surface area contributed by atoms with Gasteiger partial charge in [-0.05, 0) is 12.8 Å². The zero-order chi connectivity index (χ0) is 20.7. The molecule has 0 spiro atoms. The fraction of sp³-hybridized carbons (Fsp3) is 0.706. The van der Waals surface area contributed by atoms with Gasteiger partial charge in [0.1, 0.15) is 12.3 Å². The summed E-state index contributed by atoms with van der Waals surface area (Å²) in [7, 11) is 0. The number of nitrogens with zero attached hydrogens (tertiary/aromatic N) is 2. The molecule has 1 aromatic heterocycles. The first kappa shape index (κ1) is 22.6. The van der Waals surface area contributed by atoms with Crippen molar-refractivity contribution in [3.8, 4) is 0 Å². The Morgan fingerprint density at radius 1 is 1.39 bits per heavy atom. The maximum atomic E-state index is 12.8. The van der Waals surface area contributed by atoms with Crippen molar-refractivity contribution in [1.82, 2.24) is 9.13 Å². The molecule has 2 rings (SSSR count). The summed E-state index contributed by atoms with van der Waals surface area (Å²) in [6.45, 7) is 0.167. The molecule has 4 N–H and O–H groups in total. The number of aliphatic hydroxyl groups is 2. The molecule has 1 saturated heterocycles. The molecule has 11 heteroatoms. The first-order chi connectivity index (χ1) is 13.4. The van der Waals surface area contributed by atoms with Crippen molar-refractivity contribution in [3.63, 3.8) is 0 Å². The summed E-state index contributed by atoms with van der Waals surface area (Å²) < 4.78 is 13.1. The second-order valence-electron chi connectivity index (χ2n) is 6.54. The molecule has 1 aliphatic rings. The van der Waals surface area contributed by atoms with Gasteiger partial charge in [-0.25, -0.2) is 4.79 Å².